The minimum absolute atomic E-state index is 0.0113. The van der Waals surface area contributed by atoms with Gasteiger partial charge >= 0.3 is 11.9 Å². The van der Waals surface area contributed by atoms with Crippen molar-refractivity contribution >= 4 is 5.97 Å². The minimum atomic E-state index is -2.43. The molecular weight excluding hydrogens is 412 g/mol. The number of carbonyl (C=O) groups excluding carboxylic acids is 1. The Labute approximate surface area is 193 Å². The van der Waals surface area contributed by atoms with E-state index in [0.29, 0.717) is 18.3 Å². The average molecular weight is 459 g/mol. The Morgan fingerprint density at radius 3 is 2.31 bits per heavy atom. The number of ether oxygens (including phenoxy) is 3. The summed E-state index contributed by atoms with van der Waals surface area (Å²) < 4.78 is 15.4. The van der Waals surface area contributed by atoms with E-state index >= 15 is 0 Å². The molecule has 0 amide bonds. The topological polar surface area (TPSA) is 105 Å². The van der Waals surface area contributed by atoms with E-state index in [4.69, 9.17) is 19.3 Å². The molecule has 0 spiro atoms. The van der Waals surface area contributed by atoms with E-state index in [1.165, 1.54) is 51.4 Å². The van der Waals surface area contributed by atoms with Gasteiger partial charge in [-0.1, -0.05) is 57.8 Å². The summed E-state index contributed by atoms with van der Waals surface area (Å²) in [7, 11) is 0. The normalized spacial score (nSPS) is 26.2. The molecule has 3 N–H and O–H groups in total. The second-order valence-corrected chi connectivity index (χ2v) is 9.58. The van der Waals surface area contributed by atoms with E-state index in [1.54, 1.807) is 6.92 Å². The van der Waals surface area contributed by atoms with Gasteiger partial charge in [-0.3, -0.25) is 0 Å². The van der Waals surface area contributed by atoms with Gasteiger partial charge in [0, 0.05) is 6.61 Å². The fourth-order valence-electron chi connectivity index (χ4n) is 5.41. The molecule has 0 bridgehead atoms. The molecule has 32 heavy (non-hydrogen) atoms. The van der Waals surface area contributed by atoms with Crippen LogP contribution in [-0.2, 0) is 19.0 Å². The summed E-state index contributed by atoms with van der Waals surface area (Å²) in [6, 6.07) is 0. The van der Waals surface area contributed by atoms with E-state index in [0.717, 1.165) is 31.6 Å². The van der Waals surface area contributed by atoms with Crippen LogP contribution in [0.2, 0.25) is 0 Å². The minimum Gasteiger partial charge on any atom is -0.460 e. The van der Waals surface area contributed by atoms with Crippen LogP contribution in [0.15, 0.2) is 0 Å². The van der Waals surface area contributed by atoms with Gasteiger partial charge in [-0.2, -0.15) is 0 Å². The monoisotopic (exact) mass is 458 g/mol. The number of carbonyl (C=O) groups is 1. The maximum absolute atomic E-state index is 12.0. The van der Waals surface area contributed by atoms with Crippen molar-refractivity contribution in [1.29, 1.82) is 0 Å². The number of esters is 1. The van der Waals surface area contributed by atoms with Crippen LogP contribution in [0.5, 0.6) is 0 Å². The van der Waals surface area contributed by atoms with Crippen molar-refractivity contribution in [1.82, 2.24) is 0 Å². The van der Waals surface area contributed by atoms with Crippen molar-refractivity contribution in [3.63, 3.8) is 0 Å². The van der Waals surface area contributed by atoms with Crippen LogP contribution < -0.4 is 0 Å². The zero-order valence-corrected chi connectivity index (χ0v) is 20.0. The Hall–Kier alpha value is -0.730. The quantitative estimate of drug-likeness (QED) is 0.183. The summed E-state index contributed by atoms with van der Waals surface area (Å²) in [4.78, 5) is 12.0. The largest absolute Gasteiger partial charge is 0.460 e. The number of aliphatic hydroxyl groups is 3. The molecule has 0 aliphatic heterocycles. The molecule has 2 aliphatic rings. The van der Waals surface area contributed by atoms with E-state index in [1.807, 2.05) is 0 Å². The molecule has 0 saturated heterocycles. The van der Waals surface area contributed by atoms with Crippen molar-refractivity contribution in [3.8, 4) is 0 Å². The van der Waals surface area contributed by atoms with Crippen molar-refractivity contribution < 1.29 is 34.3 Å². The van der Waals surface area contributed by atoms with Crippen LogP contribution in [0.1, 0.15) is 96.8 Å². The third kappa shape index (κ3) is 9.26. The van der Waals surface area contributed by atoms with E-state index < -0.39 is 11.9 Å². The smallest absolute Gasteiger partial charge is 0.398 e. The van der Waals surface area contributed by atoms with Gasteiger partial charge < -0.3 is 29.5 Å². The first kappa shape index (κ1) is 27.5. The first-order valence-corrected chi connectivity index (χ1v) is 13.0. The lowest BCUT2D eigenvalue weighted by molar-refractivity contribution is -0.346. The van der Waals surface area contributed by atoms with Gasteiger partial charge in [0.25, 0.3) is 0 Å². The third-order valence-electron chi connectivity index (χ3n) is 7.21. The van der Waals surface area contributed by atoms with Gasteiger partial charge in [-0.05, 0) is 56.8 Å². The van der Waals surface area contributed by atoms with E-state index in [9.17, 15) is 15.0 Å². The van der Waals surface area contributed by atoms with Gasteiger partial charge in [0.15, 0.2) is 0 Å². The fraction of sp³-hybridized carbons (Fsp3) is 0.960. The Bertz CT molecular complexity index is 509. The molecule has 0 radical (unpaired) electrons. The predicted octanol–water partition coefficient (Wildman–Crippen LogP) is 3.92. The maximum atomic E-state index is 12.0. The Kier molecular flexibility index (Phi) is 13.1. The summed E-state index contributed by atoms with van der Waals surface area (Å²) >= 11 is 0. The number of rotatable bonds is 16. The van der Waals surface area contributed by atoms with Crippen LogP contribution >= 0.6 is 0 Å². The third-order valence-corrected chi connectivity index (χ3v) is 7.21. The molecule has 188 valence electrons. The predicted molar refractivity (Wildman–Crippen MR) is 122 cm³/mol. The molecule has 0 aromatic rings. The van der Waals surface area contributed by atoms with E-state index in [2.05, 4.69) is 0 Å². The van der Waals surface area contributed by atoms with Crippen LogP contribution in [0.3, 0.4) is 0 Å². The highest BCUT2D eigenvalue weighted by molar-refractivity contribution is 5.75. The SMILES string of the molecule is CCOC(=O)C(O)(OCCCO)OCCCC[C@@H]1[C@@H](CCCC2CCCCC2)CC[C@@H]1O. The molecular formula is C25H46O7. The van der Waals surface area contributed by atoms with Crippen molar-refractivity contribution in [3.05, 3.63) is 0 Å². The Morgan fingerprint density at radius 2 is 1.62 bits per heavy atom. The molecule has 0 aromatic heterocycles. The zero-order chi connectivity index (χ0) is 23.2. The maximum Gasteiger partial charge on any atom is 0.398 e. The lowest BCUT2D eigenvalue weighted by Crippen LogP contribution is -2.46. The fourth-order valence-corrected chi connectivity index (χ4v) is 5.41. The molecule has 1 unspecified atom stereocenters. The molecule has 2 rings (SSSR count). The lowest BCUT2D eigenvalue weighted by Gasteiger charge is -2.26. The van der Waals surface area contributed by atoms with Gasteiger partial charge in [-0.15, -0.1) is 0 Å². The second-order valence-electron chi connectivity index (χ2n) is 9.58. The molecule has 2 aliphatic carbocycles. The molecule has 2 saturated carbocycles. The highest BCUT2D eigenvalue weighted by Crippen LogP contribution is 2.39. The second kappa shape index (κ2) is 15.2. The number of aliphatic hydroxyl groups excluding tert-OH is 2. The van der Waals surface area contributed by atoms with E-state index in [-0.39, 0.29) is 39.0 Å². The van der Waals surface area contributed by atoms with Gasteiger partial charge in [0.1, 0.15) is 0 Å². The van der Waals surface area contributed by atoms with Crippen molar-refractivity contribution in [2.75, 3.05) is 26.4 Å². The van der Waals surface area contributed by atoms with Crippen LogP contribution in [0, 0.1) is 17.8 Å². The first-order chi connectivity index (χ1) is 15.5. The summed E-state index contributed by atoms with van der Waals surface area (Å²) in [5, 5.41) is 29.7. The Balaban J connectivity index is 1.68. The number of hydrogen-bond donors (Lipinski definition) is 3. The molecule has 7 heteroatoms. The Morgan fingerprint density at radius 1 is 0.906 bits per heavy atom. The van der Waals surface area contributed by atoms with Gasteiger partial charge in [0.2, 0.25) is 0 Å². The summed E-state index contributed by atoms with van der Waals surface area (Å²) in [6.07, 6.45) is 15.4. The summed E-state index contributed by atoms with van der Waals surface area (Å²) in [5.74, 6) is -1.54. The number of unbranched alkanes of at least 4 members (excludes halogenated alkanes) is 1. The first-order valence-electron chi connectivity index (χ1n) is 13.0. The van der Waals surface area contributed by atoms with Gasteiger partial charge in [-0.25, -0.2) is 4.79 Å². The standard InChI is InChI=1S/C25H46O7/c1-2-30-24(28)25(29,32-19-9-17-26)31-18-7-6-14-22-21(15-16-23(22)27)13-8-12-20-10-4-3-5-11-20/h20-23,26-27,29H,2-19H2,1H3/t21-,22+,23-,25?/m0/s1. The summed E-state index contributed by atoms with van der Waals surface area (Å²) in [6.45, 7) is 1.79. The number of hydrogen-bond acceptors (Lipinski definition) is 7. The van der Waals surface area contributed by atoms with Crippen LogP contribution in [0.4, 0.5) is 0 Å². The zero-order valence-electron chi connectivity index (χ0n) is 20.0. The summed E-state index contributed by atoms with van der Waals surface area (Å²) in [5.41, 5.74) is 0. The molecule has 7 nitrogen and oxygen atoms in total. The van der Waals surface area contributed by atoms with Crippen molar-refractivity contribution in [2.45, 2.75) is 109 Å². The van der Waals surface area contributed by atoms with Gasteiger partial charge in [0.05, 0.1) is 25.9 Å². The molecule has 2 fully saturated rings. The highest BCUT2D eigenvalue weighted by Gasteiger charge is 2.41. The molecule has 4 atom stereocenters. The molecule has 0 heterocycles. The van der Waals surface area contributed by atoms with Crippen LogP contribution in [0.25, 0.3) is 0 Å². The average Bonchev–Trinajstić information content (AvgIpc) is 3.14. The van der Waals surface area contributed by atoms with Crippen molar-refractivity contribution in [2.24, 2.45) is 17.8 Å². The lowest BCUT2D eigenvalue weighted by atomic mass is 9.82. The highest BCUT2D eigenvalue weighted by atomic mass is 16.8. The van der Waals surface area contributed by atoms with Crippen LogP contribution in [-0.4, -0.2) is 59.8 Å². The molecule has 0 aromatic carbocycles.